The van der Waals surface area contributed by atoms with E-state index in [0.717, 1.165) is 5.56 Å². The third kappa shape index (κ3) is 2.70. The molecule has 1 aromatic heterocycles. The average molecular weight is 230 g/mol. The fraction of sp³-hybridized carbons (Fsp3) is 0.167. The Morgan fingerprint density at radius 3 is 2.59 bits per heavy atom. The molecular formula is C12H14N4O. The van der Waals surface area contributed by atoms with Gasteiger partial charge in [0.05, 0.1) is 0 Å². The third-order valence-electron chi connectivity index (χ3n) is 2.41. The van der Waals surface area contributed by atoms with Gasteiger partial charge in [-0.15, -0.1) is 0 Å². The number of carbonyl (C=O) groups is 1. The van der Waals surface area contributed by atoms with Crippen LogP contribution in [0.2, 0.25) is 0 Å². The van der Waals surface area contributed by atoms with Crippen LogP contribution in [0.25, 0.3) is 0 Å². The van der Waals surface area contributed by atoms with E-state index in [4.69, 9.17) is 5.73 Å². The van der Waals surface area contributed by atoms with E-state index in [0.29, 0.717) is 17.9 Å². The standard InChI is InChI=1S/C12H14N4O/c1-16-7-6-11(15-16)14-12(17)10-4-2-9(8-13)3-5-10/h2-7H,8,13H2,1H3,(H,14,15,17). The molecule has 1 amide bonds. The summed E-state index contributed by atoms with van der Waals surface area (Å²) in [5, 5.41) is 6.79. The van der Waals surface area contributed by atoms with E-state index < -0.39 is 0 Å². The fourth-order valence-electron chi connectivity index (χ4n) is 1.46. The largest absolute Gasteiger partial charge is 0.326 e. The van der Waals surface area contributed by atoms with Crippen LogP contribution in [0.15, 0.2) is 36.5 Å². The summed E-state index contributed by atoms with van der Waals surface area (Å²) in [4.78, 5) is 11.8. The molecule has 0 unspecified atom stereocenters. The lowest BCUT2D eigenvalue weighted by Crippen LogP contribution is -2.12. The Bertz CT molecular complexity index is 516. The number of nitrogens with zero attached hydrogens (tertiary/aromatic N) is 2. The highest BCUT2D eigenvalue weighted by molar-refractivity contribution is 6.03. The SMILES string of the molecule is Cn1ccc(NC(=O)c2ccc(CN)cc2)n1. The molecule has 1 aromatic carbocycles. The molecule has 0 bridgehead atoms. The first-order valence-corrected chi connectivity index (χ1v) is 5.29. The minimum Gasteiger partial charge on any atom is -0.326 e. The molecule has 1 heterocycles. The Kier molecular flexibility index (Phi) is 3.20. The molecule has 0 radical (unpaired) electrons. The number of nitrogens with one attached hydrogen (secondary N) is 1. The molecule has 5 nitrogen and oxygen atoms in total. The zero-order valence-corrected chi connectivity index (χ0v) is 9.55. The van der Waals surface area contributed by atoms with Crippen molar-refractivity contribution in [3.63, 3.8) is 0 Å². The highest BCUT2D eigenvalue weighted by Gasteiger charge is 2.06. The van der Waals surface area contributed by atoms with Gasteiger partial charge in [-0.05, 0) is 17.7 Å². The van der Waals surface area contributed by atoms with Gasteiger partial charge in [-0.25, -0.2) is 0 Å². The molecular weight excluding hydrogens is 216 g/mol. The summed E-state index contributed by atoms with van der Waals surface area (Å²) in [6.45, 7) is 0.474. The van der Waals surface area contributed by atoms with Gasteiger partial charge in [0.2, 0.25) is 0 Å². The van der Waals surface area contributed by atoms with Crippen molar-refractivity contribution in [2.75, 3.05) is 5.32 Å². The molecule has 0 fully saturated rings. The summed E-state index contributed by atoms with van der Waals surface area (Å²) >= 11 is 0. The van der Waals surface area contributed by atoms with Crippen LogP contribution in [-0.2, 0) is 13.6 Å². The molecule has 0 aliphatic rings. The maximum absolute atomic E-state index is 11.8. The van der Waals surface area contributed by atoms with Crippen LogP contribution in [0, 0.1) is 0 Å². The summed E-state index contributed by atoms with van der Waals surface area (Å²) in [6, 6.07) is 8.92. The van der Waals surface area contributed by atoms with E-state index in [1.165, 1.54) is 0 Å². The second-order valence-electron chi connectivity index (χ2n) is 3.73. The van der Waals surface area contributed by atoms with Gasteiger partial charge in [0.25, 0.3) is 5.91 Å². The molecule has 17 heavy (non-hydrogen) atoms. The van der Waals surface area contributed by atoms with Crippen molar-refractivity contribution >= 4 is 11.7 Å². The van der Waals surface area contributed by atoms with Gasteiger partial charge in [-0.1, -0.05) is 12.1 Å². The summed E-state index contributed by atoms with van der Waals surface area (Å²) < 4.78 is 1.63. The van der Waals surface area contributed by atoms with E-state index in [1.54, 1.807) is 36.1 Å². The maximum Gasteiger partial charge on any atom is 0.256 e. The average Bonchev–Trinajstić information content (AvgIpc) is 2.75. The summed E-state index contributed by atoms with van der Waals surface area (Å²) in [5.74, 6) is 0.368. The summed E-state index contributed by atoms with van der Waals surface area (Å²) in [5.41, 5.74) is 7.08. The second-order valence-corrected chi connectivity index (χ2v) is 3.73. The quantitative estimate of drug-likeness (QED) is 0.830. The zero-order chi connectivity index (χ0) is 12.3. The van der Waals surface area contributed by atoms with Crippen molar-refractivity contribution in [3.8, 4) is 0 Å². The number of benzene rings is 1. The smallest absolute Gasteiger partial charge is 0.256 e. The summed E-state index contributed by atoms with van der Waals surface area (Å²) in [7, 11) is 1.80. The number of hydrogen-bond donors (Lipinski definition) is 2. The van der Waals surface area contributed by atoms with Crippen LogP contribution < -0.4 is 11.1 Å². The minimum atomic E-state index is -0.174. The Morgan fingerprint density at radius 1 is 1.35 bits per heavy atom. The number of amides is 1. The van der Waals surface area contributed by atoms with Gasteiger partial charge < -0.3 is 11.1 Å². The molecule has 0 spiro atoms. The Hall–Kier alpha value is -2.14. The molecule has 0 aliphatic heterocycles. The van der Waals surface area contributed by atoms with E-state index >= 15 is 0 Å². The number of aromatic nitrogens is 2. The molecule has 0 aliphatic carbocycles. The van der Waals surface area contributed by atoms with Crippen molar-refractivity contribution in [2.45, 2.75) is 6.54 Å². The predicted molar refractivity (Wildman–Crippen MR) is 65.5 cm³/mol. The van der Waals surface area contributed by atoms with E-state index in [9.17, 15) is 4.79 Å². The van der Waals surface area contributed by atoms with Gasteiger partial charge in [0.1, 0.15) is 0 Å². The normalized spacial score (nSPS) is 10.2. The highest BCUT2D eigenvalue weighted by Crippen LogP contribution is 2.07. The number of nitrogens with two attached hydrogens (primary N) is 1. The van der Waals surface area contributed by atoms with Crippen LogP contribution >= 0.6 is 0 Å². The van der Waals surface area contributed by atoms with Crippen molar-refractivity contribution in [3.05, 3.63) is 47.7 Å². The third-order valence-corrected chi connectivity index (χ3v) is 2.41. The number of hydrogen-bond acceptors (Lipinski definition) is 3. The molecule has 2 aromatic rings. The van der Waals surface area contributed by atoms with Gasteiger partial charge in [-0.2, -0.15) is 5.10 Å². The lowest BCUT2D eigenvalue weighted by atomic mass is 10.1. The molecule has 3 N–H and O–H groups in total. The van der Waals surface area contributed by atoms with Crippen molar-refractivity contribution in [1.29, 1.82) is 0 Å². The van der Waals surface area contributed by atoms with Gasteiger partial charge in [-0.3, -0.25) is 9.48 Å². The minimum absolute atomic E-state index is 0.174. The molecule has 5 heteroatoms. The predicted octanol–water partition coefficient (Wildman–Crippen LogP) is 1.13. The van der Waals surface area contributed by atoms with Crippen LogP contribution in [0.1, 0.15) is 15.9 Å². The topological polar surface area (TPSA) is 72.9 Å². The van der Waals surface area contributed by atoms with E-state index in [2.05, 4.69) is 10.4 Å². The first-order valence-electron chi connectivity index (χ1n) is 5.29. The number of anilines is 1. The first kappa shape index (κ1) is 11.3. The fourth-order valence-corrected chi connectivity index (χ4v) is 1.46. The molecule has 0 atom stereocenters. The van der Waals surface area contributed by atoms with Gasteiger partial charge >= 0.3 is 0 Å². The summed E-state index contributed by atoms with van der Waals surface area (Å²) in [6.07, 6.45) is 1.77. The van der Waals surface area contributed by atoms with Crippen LogP contribution in [0.3, 0.4) is 0 Å². The number of aryl methyl sites for hydroxylation is 1. The van der Waals surface area contributed by atoms with Crippen LogP contribution in [0.5, 0.6) is 0 Å². The molecule has 2 rings (SSSR count). The van der Waals surface area contributed by atoms with Crippen LogP contribution in [0.4, 0.5) is 5.82 Å². The monoisotopic (exact) mass is 230 g/mol. The van der Waals surface area contributed by atoms with Crippen molar-refractivity contribution < 1.29 is 4.79 Å². The zero-order valence-electron chi connectivity index (χ0n) is 9.55. The Balaban J connectivity index is 2.09. The molecule has 0 saturated carbocycles. The number of rotatable bonds is 3. The Morgan fingerprint density at radius 2 is 2.06 bits per heavy atom. The molecule has 88 valence electrons. The van der Waals surface area contributed by atoms with E-state index in [1.807, 2.05) is 12.1 Å². The number of carbonyl (C=O) groups excluding carboxylic acids is 1. The lowest BCUT2D eigenvalue weighted by Gasteiger charge is -2.02. The van der Waals surface area contributed by atoms with Crippen LogP contribution in [-0.4, -0.2) is 15.7 Å². The maximum atomic E-state index is 11.8. The van der Waals surface area contributed by atoms with Crippen molar-refractivity contribution in [1.82, 2.24) is 9.78 Å². The first-order chi connectivity index (χ1) is 8.19. The van der Waals surface area contributed by atoms with E-state index in [-0.39, 0.29) is 5.91 Å². The molecule has 0 saturated heterocycles. The van der Waals surface area contributed by atoms with Gasteiger partial charge in [0.15, 0.2) is 5.82 Å². The van der Waals surface area contributed by atoms with Gasteiger partial charge in [0, 0.05) is 31.4 Å². The lowest BCUT2D eigenvalue weighted by molar-refractivity contribution is 0.102. The second kappa shape index (κ2) is 4.80. The Labute approximate surface area is 99.2 Å². The van der Waals surface area contributed by atoms with Crippen molar-refractivity contribution in [2.24, 2.45) is 12.8 Å². The highest BCUT2D eigenvalue weighted by atomic mass is 16.1.